The molecule has 0 aromatic heterocycles. The predicted octanol–water partition coefficient (Wildman–Crippen LogP) is 1.66. The lowest BCUT2D eigenvalue weighted by atomic mass is 10.0. The molecule has 0 saturated carbocycles. The summed E-state index contributed by atoms with van der Waals surface area (Å²) in [6.07, 6.45) is 2.48. The minimum Gasteiger partial charge on any atom is -0.467 e. The molecule has 0 aliphatic rings. The molecule has 2 atom stereocenters. The molecule has 0 fully saturated rings. The van der Waals surface area contributed by atoms with Crippen LogP contribution in [0.15, 0.2) is 30.3 Å². The summed E-state index contributed by atoms with van der Waals surface area (Å²) < 4.78 is 4.73. The fraction of sp³-hybridized carbons (Fsp3) is 0.471. The number of carbonyl (C=O) groups is 3. The van der Waals surface area contributed by atoms with Gasteiger partial charge in [-0.2, -0.15) is 11.8 Å². The van der Waals surface area contributed by atoms with E-state index in [1.54, 1.807) is 11.8 Å². The Bertz CT molecular complexity index is 551. The number of nitrogens with one attached hydrogen (secondary N) is 2. The molecule has 0 spiro atoms. The molecule has 2 amide bonds. The second-order valence-corrected chi connectivity index (χ2v) is 6.28. The first-order chi connectivity index (χ1) is 11.5. The summed E-state index contributed by atoms with van der Waals surface area (Å²) in [5, 5.41) is 5.46. The van der Waals surface area contributed by atoms with Crippen molar-refractivity contribution in [1.29, 1.82) is 0 Å². The van der Waals surface area contributed by atoms with E-state index in [0.717, 1.165) is 11.3 Å². The Morgan fingerprint density at radius 2 is 1.83 bits per heavy atom. The molecule has 0 bridgehead atoms. The molecular weight excluding hydrogens is 328 g/mol. The SMILES string of the molecule is COC(=O)[C@H](CCSC)NC(=O)C[C@H](NC(C)=O)c1ccccc1. The molecule has 2 N–H and O–H groups in total. The topological polar surface area (TPSA) is 84.5 Å². The van der Waals surface area contributed by atoms with Crippen molar-refractivity contribution in [3.8, 4) is 0 Å². The monoisotopic (exact) mass is 352 g/mol. The fourth-order valence-corrected chi connectivity index (χ4v) is 2.72. The van der Waals surface area contributed by atoms with E-state index in [2.05, 4.69) is 10.6 Å². The zero-order valence-corrected chi connectivity index (χ0v) is 15.0. The van der Waals surface area contributed by atoms with Crippen molar-refractivity contribution in [3.63, 3.8) is 0 Å². The standard InChI is InChI=1S/C17H24N2O4S/c1-12(20)18-15(13-7-5-4-6-8-13)11-16(21)19-14(9-10-24-3)17(22)23-2/h4-8,14-15H,9-11H2,1-3H3,(H,18,20)(H,19,21)/t14-,15-/m0/s1. The normalized spacial score (nSPS) is 12.8. The van der Waals surface area contributed by atoms with Gasteiger partial charge >= 0.3 is 5.97 Å². The van der Waals surface area contributed by atoms with Crippen LogP contribution in [0.5, 0.6) is 0 Å². The molecule has 132 valence electrons. The number of ether oxygens (including phenoxy) is 1. The van der Waals surface area contributed by atoms with Crippen LogP contribution >= 0.6 is 11.8 Å². The van der Waals surface area contributed by atoms with Crippen molar-refractivity contribution in [2.24, 2.45) is 0 Å². The smallest absolute Gasteiger partial charge is 0.328 e. The zero-order chi connectivity index (χ0) is 17.9. The van der Waals surface area contributed by atoms with Gasteiger partial charge in [-0.15, -0.1) is 0 Å². The fourth-order valence-electron chi connectivity index (χ4n) is 2.25. The molecule has 0 aliphatic heterocycles. The number of thioether (sulfide) groups is 1. The molecule has 0 saturated heterocycles. The van der Waals surface area contributed by atoms with Crippen molar-refractivity contribution < 1.29 is 19.1 Å². The van der Waals surface area contributed by atoms with E-state index in [1.165, 1.54) is 14.0 Å². The van der Waals surface area contributed by atoms with Crippen molar-refractivity contribution in [3.05, 3.63) is 35.9 Å². The Hall–Kier alpha value is -2.02. The highest BCUT2D eigenvalue weighted by Gasteiger charge is 2.23. The molecule has 0 radical (unpaired) electrons. The number of methoxy groups -OCH3 is 1. The quantitative estimate of drug-likeness (QED) is 0.661. The molecule has 24 heavy (non-hydrogen) atoms. The number of hydrogen-bond acceptors (Lipinski definition) is 5. The molecule has 7 heteroatoms. The molecular formula is C17H24N2O4S. The third-order valence-corrected chi connectivity index (χ3v) is 4.04. The van der Waals surface area contributed by atoms with Crippen molar-refractivity contribution >= 4 is 29.5 Å². The van der Waals surface area contributed by atoms with Crippen LogP contribution in [0.3, 0.4) is 0 Å². The van der Waals surface area contributed by atoms with Crippen molar-refractivity contribution in [2.75, 3.05) is 19.1 Å². The van der Waals surface area contributed by atoms with E-state index in [4.69, 9.17) is 4.74 Å². The van der Waals surface area contributed by atoms with E-state index in [0.29, 0.717) is 6.42 Å². The summed E-state index contributed by atoms with van der Waals surface area (Å²) >= 11 is 1.59. The number of carbonyl (C=O) groups excluding carboxylic acids is 3. The van der Waals surface area contributed by atoms with Gasteiger partial charge in [0.1, 0.15) is 6.04 Å². The predicted molar refractivity (Wildman–Crippen MR) is 94.6 cm³/mol. The Balaban J connectivity index is 2.75. The van der Waals surface area contributed by atoms with Gasteiger partial charge in [-0.05, 0) is 24.0 Å². The molecule has 0 aliphatic carbocycles. The average molecular weight is 352 g/mol. The molecule has 1 aromatic carbocycles. The van der Waals surface area contributed by atoms with Crippen molar-refractivity contribution in [1.82, 2.24) is 10.6 Å². The average Bonchev–Trinajstić information content (AvgIpc) is 2.57. The molecule has 6 nitrogen and oxygen atoms in total. The minimum absolute atomic E-state index is 0.0519. The number of rotatable bonds is 9. The molecule has 1 aromatic rings. The number of benzene rings is 1. The van der Waals surface area contributed by atoms with E-state index < -0.39 is 18.1 Å². The van der Waals surface area contributed by atoms with E-state index in [1.807, 2.05) is 36.6 Å². The second kappa shape index (κ2) is 10.7. The third kappa shape index (κ3) is 7.04. The van der Waals surface area contributed by atoms with Crippen LogP contribution in [-0.4, -0.2) is 42.9 Å². The lowest BCUT2D eigenvalue weighted by Gasteiger charge is -2.20. The highest BCUT2D eigenvalue weighted by Crippen LogP contribution is 2.16. The van der Waals surface area contributed by atoms with Gasteiger partial charge in [0.25, 0.3) is 0 Å². The maximum absolute atomic E-state index is 12.3. The van der Waals surface area contributed by atoms with Crippen molar-refractivity contribution in [2.45, 2.75) is 31.8 Å². The summed E-state index contributed by atoms with van der Waals surface area (Å²) in [7, 11) is 1.30. The van der Waals surface area contributed by atoms with Crippen LogP contribution in [0, 0.1) is 0 Å². The van der Waals surface area contributed by atoms with Crippen LogP contribution in [0.2, 0.25) is 0 Å². The lowest BCUT2D eigenvalue weighted by Crippen LogP contribution is -2.43. The van der Waals surface area contributed by atoms with Crippen LogP contribution in [-0.2, 0) is 19.1 Å². The van der Waals surface area contributed by atoms with Crippen LogP contribution in [0.25, 0.3) is 0 Å². The van der Waals surface area contributed by atoms with Crippen LogP contribution in [0.1, 0.15) is 31.4 Å². The number of hydrogen-bond donors (Lipinski definition) is 2. The summed E-state index contributed by atoms with van der Waals surface area (Å²) in [6, 6.07) is 8.13. The maximum atomic E-state index is 12.3. The van der Waals surface area contributed by atoms with Crippen LogP contribution < -0.4 is 10.6 Å². The molecule has 0 heterocycles. The largest absolute Gasteiger partial charge is 0.467 e. The summed E-state index contributed by atoms with van der Waals surface area (Å²) in [5.74, 6) is -0.265. The Kier molecular flexibility index (Phi) is 8.93. The van der Waals surface area contributed by atoms with E-state index in [-0.39, 0.29) is 18.2 Å². The zero-order valence-electron chi connectivity index (χ0n) is 14.2. The first-order valence-electron chi connectivity index (χ1n) is 7.66. The van der Waals surface area contributed by atoms with Gasteiger partial charge < -0.3 is 15.4 Å². The summed E-state index contributed by atoms with van der Waals surface area (Å²) in [5.41, 5.74) is 0.835. The van der Waals surface area contributed by atoms with Crippen LogP contribution in [0.4, 0.5) is 0 Å². The third-order valence-electron chi connectivity index (χ3n) is 3.40. The Morgan fingerprint density at radius 3 is 2.38 bits per heavy atom. The Labute approximate surface area is 146 Å². The highest BCUT2D eigenvalue weighted by atomic mass is 32.2. The molecule has 0 unspecified atom stereocenters. The first-order valence-corrected chi connectivity index (χ1v) is 9.05. The maximum Gasteiger partial charge on any atom is 0.328 e. The number of esters is 1. The highest BCUT2D eigenvalue weighted by molar-refractivity contribution is 7.98. The molecule has 1 rings (SSSR count). The van der Waals surface area contributed by atoms with E-state index in [9.17, 15) is 14.4 Å². The number of amides is 2. The van der Waals surface area contributed by atoms with Gasteiger partial charge in [0.2, 0.25) is 11.8 Å². The van der Waals surface area contributed by atoms with Gasteiger partial charge in [0.05, 0.1) is 19.6 Å². The summed E-state index contributed by atoms with van der Waals surface area (Å²) in [4.78, 5) is 35.5. The van der Waals surface area contributed by atoms with Gasteiger partial charge in [0.15, 0.2) is 0 Å². The van der Waals surface area contributed by atoms with Gasteiger partial charge in [-0.3, -0.25) is 9.59 Å². The second-order valence-electron chi connectivity index (χ2n) is 5.29. The summed E-state index contributed by atoms with van der Waals surface area (Å²) in [6.45, 7) is 1.41. The lowest BCUT2D eigenvalue weighted by molar-refractivity contribution is -0.145. The minimum atomic E-state index is -0.677. The van der Waals surface area contributed by atoms with Gasteiger partial charge in [-0.1, -0.05) is 30.3 Å². The Morgan fingerprint density at radius 1 is 1.17 bits per heavy atom. The van der Waals surface area contributed by atoms with Gasteiger partial charge in [-0.25, -0.2) is 4.79 Å². The van der Waals surface area contributed by atoms with E-state index >= 15 is 0 Å². The van der Waals surface area contributed by atoms with Gasteiger partial charge in [0, 0.05) is 6.92 Å². The first kappa shape index (κ1) is 20.0.